The molecule has 25 heavy (non-hydrogen) atoms. The third kappa shape index (κ3) is 2.86. The molecular weight excluding hydrogens is 320 g/mol. The number of fused-ring (bicyclic) bond motifs is 1. The van der Waals surface area contributed by atoms with Crippen molar-refractivity contribution in [2.75, 3.05) is 0 Å². The number of nitrogens with two attached hydrogens (primary N) is 1. The summed E-state index contributed by atoms with van der Waals surface area (Å²) in [5.74, 6) is 0. The molecule has 0 unspecified atom stereocenters. The highest BCUT2D eigenvalue weighted by Gasteiger charge is 2.26. The van der Waals surface area contributed by atoms with Crippen molar-refractivity contribution in [3.8, 4) is 11.3 Å². The first kappa shape index (κ1) is 16.0. The van der Waals surface area contributed by atoms with E-state index in [0.29, 0.717) is 17.0 Å². The number of nitrogens with zero attached hydrogens (tertiary/aromatic N) is 3. The maximum atomic E-state index is 12.8. The quantitative estimate of drug-likeness (QED) is 0.581. The normalized spacial score (nSPS) is 20.4. The summed E-state index contributed by atoms with van der Waals surface area (Å²) >= 11 is 0. The zero-order valence-electron chi connectivity index (χ0n) is 14.0. The molecule has 1 saturated heterocycles. The van der Waals surface area contributed by atoms with Crippen molar-refractivity contribution in [2.45, 2.75) is 38.5 Å². The van der Waals surface area contributed by atoms with Gasteiger partial charge in [0.05, 0.1) is 11.8 Å². The predicted molar refractivity (Wildman–Crippen MR) is 93.3 cm³/mol. The number of hydrogen-bond donors (Lipinski definition) is 1. The zero-order valence-corrected chi connectivity index (χ0v) is 14.0. The first-order chi connectivity index (χ1) is 12.2. The number of imidazole rings is 1. The molecule has 2 atom stereocenters. The molecule has 1 aromatic carbocycles. The highest BCUT2D eigenvalue weighted by Crippen LogP contribution is 2.28. The Labute approximate surface area is 144 Å². The minimum absolute atomic E-state index is 0.150. The van der Waals surface area contributed by atoms with Gasteiger partial charge in [0.2, 0.25) is 0 Å². The fraction of sp³-hybridized carbons (Fsp3) is 0.333. The standard InChI is InChI=1S/C18H20N4O3/c1-2-14-7-8-17(25-14)21-10-9-16-19-15(11-22(16)18(21)23)12-3-5-13(20-24)6-4-12/h3-6,9-11,14,17H,2,7-8,20H2,1H3/t14-,17-/m0/s1. The van der Waals surface area contributed by atoms with Crippen LogP contribution in [0, 0.1) is 5.21 Å². The summed E-state index contributed by atoms with van der Waals surface area (Å²) in [5.41, 5.74) is 3.42. The van der Waals surface area contributed by atoms with E-state index in [-0.39, 0.29) is 18.0 Å². The summed E-state index contributed by atoms with van der Waals surface area (Å²) < 4.78 is 9.13. The number of hydrogen-bond acceptors (Lipinski definition) is 4. The molecule has 0 aliphatic carbocycles. The molecule has 0 bridgehead atoms. The molecule has 0 radical (unpaired) electrons. The van der Waals surface area contributed by atoms with Crippen LogP contribution in [0.25, 0.3) is 16.9 Å². The molecule has 7 nitrogen and oxygen atoms in total. The Balaban J connectivity index is 1.71. The number of quaternary nitrogens is 1. The van der Waals surface area contributed by atoms with Crippen LogP contribution in [-0.2, 0) is 4.74 Å². The second kappa shape index (κ2) is 6.44. The average Bonchev–Trinajstić information content (AvgIpc) is 3.29. The van der Waals surface area contributed by atoms with Crippen LogP contribution in [0.1, 0.15) is 32.4 Å². The zero-order chi connectivity index (χ0) is 17.4. The van der Waals surface area contributed by atoms with Gasteiger partial charge < -0.3 is 15.4 Å². The van der Waals surface area contributed by atoms with E-state index in [4.69, 9.17) is 4.74 Å². The summed E-state index contributed by atoms with van der Waals surface area (Å²) in [6, 6.07) is 8.96. The smallest absolute Gasteiger partial charge is 0.336 e. The summed E-state index contributed by atoms with van der Waals surface area (Å²) in [7, 11) is 0. The topological polar surface area (TPSA) is 88.2 Å². The molecule has 0 spiro atoms. The molecule has 4 rings (SSSR count). The van der Waals surface area contributed by atoms with Gasteiger partial charge in [-0.15, -0.1) is 0 Å². The highest BCUT2D eigenvalue weighted by molar-refractivity contribution is 5.63. The van der Waals surface area contributed by atoms with E-state index in [0.717, 1.165) is 30.3 Å². The van der Waals surface area contributed by atoms with Crippen LogP contribution in [0.4, 0.5) is 5.69 Å². The van der Waals surface area contributed by atoms with E-state index >= 15 is 0 Å². The monoisotopic (exact) mass is 340 g/mol. The van der Waals surface area contributed by atoms with E-state index in [2.05, 4.69) is 11.9 Å². The number of rotatable bonds is 4. The van der Waals surface area contributed by atoms with Crippen LogP contribution in [0.2, 0.25) is 0 Å². The fourth-order valence-electron chi connectivity index (χ4n) is 3.28. The van der Waals surface area contributed by atoms with E-state index in [9.17, 15) is 10.0 Å². The molecule has 7 heteroatoms. The van der Waals surface area contributed by atoms with Crippen LogP contribution in [0.5, 0.6) is 0 Å². The van der Waals surface area contributed by atoms with Crippen molar-refractivity contribution in [3.63, 3.8) is 0 Å². The van der Waals surface area contributed by atoms with Crippen molar-refractivity contribution in [1.29, 1.82) is 0 Å². The minimum Gasteiger partial charge on any atom is -0.630 e. The third-order valence-electron chi connectivity index (χ3n) is 4.74. The van der Waals surface area contributed by atoms with Gasteiger partial charge in [-0.05, 0) is 49.6 Å². The minimum atomic E-state index is -0.209. The number of ether oxygens (including phenoxy) is 1. The lowest BCUT2D eigenvalue weighted by molar-refractivity contribution is -0.497. The second-order valence-corrected chi connectivity index (χ2v) is 6.30. The van der Waals surface area contributed by atoms with E-state index in [1.165, 1.54) is 0 Å². The largest absolute Gasteiger partial charge is 0.630 e. The Hall–Kier alpha value is -2.48. The lowest BCUT2D eigenvalue weighted by atomic mass is 10.1. The van der Waals surface area contributed by atoms with E-state index in [1.54, 1.807) is 33.5 Å². The molecule has 3 aromatic rings. The molecule has 1 fully saturated rings. The first-order valence-electron chi connectivity index (χ1n) is 8.51. The van der Waals surface area contributed by atoms with Gasteiger partial charge >= 0.3 is 5.69 Å². The molecule has 130 valence electrons. The van der Waals surface area contributed by atoms with Crippen molar-refractivity contribution < 1.29 is 10.2 Å². The average molecular weight is 340 g/mol. The molecule has 2 aromatic heterocycles. The lowest BCUT2D eigenvalue weighted by Gasteiger charge is -2.15. The van der Waals surface area contributed by atoms with Gasteiger partial charge in [-0.3, -0.25) is 8.97 Å². The number of benzene rings is 1. The molecule has 1 aliphatic heterocycles. The third-order valence-corrected chi connectivity index (χ3v) is 4.74. The first-order valence-corrected chi connectivity index (χ1v) is 8.51. The van der Waals surface area contributed by atoms with E-state index < -0.39 is 0 Å². The lowest BCUT2D eigenvalue weighted by Crippen LogP contribution is -2.70. The van der Waals surface area contributed by atoms with Crippen LogP contribution in [0.15, 0.2) is 47.5 Å². The van der Waals surface area contributed by atoms with Gasteiger partial charge in [0.1, 0.15) is 17.6 Å². The van der Waals surface area contributed by atoms with Gasteiger partial charge in [0.15, 0.2) is 0 Å². The maximum absolute atomic E-state index is 12.8. The van der Waals surface area contributed by atoms with Crippen molar-refractivity contribution >= 4 is 11.3 Å². The Bertz CT molecular complexity index is 945. The Morgan fingerprint density at radius 2 is 2.08 bits per heavy atom. The summed E-state index contributed by atoms with van der Waals surface area (Å²) in [6.07, 6.45) is 6.28. The van der Waals surface area contributed by atoms with Gasteiger partial charge in [-0.1, -0.05) is 6.92 Å². The summed E-state index contributed by atoms with van der Waals surface area (Å²) in [6.45, 7) is 2.09. The maximum Gasteiger partial charge on any atom is 0.336 e. The Morgan fingerprint density at radius 3 is 2.76 bits per heavy atom. The van der Waals surface area contributed by atoms with Gasteiger partial charge in [-0.2, -0.15) is 0 Å². The van der Waals surface area contributed by atoms with Crippen molar-refractivity contribution in [3.05, 3.63) is 58.4 Å². The SMILES string of the molecule is CC[C@H]1CC[C@@H](n2ccc3nc(-c4ccc([NH2+][O-])cc4)cn3c2=O)O1. The Kier molecular flexibility index (Phi) is 4.12. The van der Waals surface area contributed by atoms with Crippen LogP contribution < -0.4 is 11.2 Å². The second-order valence-electron chi connectivity index (χ2n) is 6.30. The highest BCUT2D eigenvalue weighted by atomic mass is 16.5. The summed E-state index contributed by atoms with van der Waals surface area (Å²) in [4.78, 5) is 17.3. The van der Waals surface area contributed by atoms with Crippen LogP contribution >= 0.6 is 0 Å². The van der Waals surface area contributed by atoms with Gasteiger partial charge in [0, 0.05) is 18.0 Å². The molecular formula is C18H20N4O3. The molecule has 1 aliphatic rings. The van der Waals surface area contributed by atoms with Gasteiger partial charge in [0.25, 0.3) is 0 Å². The summed E-state index contributed by atoms with van der Waals surface area (Å²) in [5, 5.41) is 10.8. The van der Waals surface area contributed by atoms with Gasteiger partial charge in [-0.25, -0.2) is 9.78 Å². The molecule has 0 saturated carbocycles. The molecule has 3 heterocycles. The fourth-order valence-corrected chi connectivity index (χ4v) is 3.28. The predicted octanol–water partition coefficient (Wildman–Crippen LogP) is 1.94. The van der Waals surface area contributed by atoms with Crippen molar-refractivity contribution in [2.24, 2.45) is 0 Å². The Morgan fingerprint density at radius 1 is 1.28 bits per heavy atom. The number of aromatic nitrogens is 3. The van der Waals surface area contributed by atoms with Crippen LogP contribution in [-0.4, -0.2) is 20.1 Å². The van der Waals surface area contributed by atoms with Crippen molar-refractivity contribution in [1.82, 2.24) is 14.0 Å². The van der Waals surface area contributed by atoms with E-state index in [1.807, 2.05) is 18.2 Å². The molecule has 0 amide bonds. The molecule has 2 N–H and O–H groups in total. The van der Waals surface area contributed by atoms with Crippen LogP contribution in [0.3, 0.4) is 0 Å².